The van der Waals surface area contributed by atoms with E-state index in [-0.39, 0.29) is 5.11 Å². The van der Waals surface area contributed by atoms with Crippen molar-refractivity contribution in [3.63, 3.8) is 0 Å². The second-order valence-electron chi connectivity index (χ2n) is 1.52. The second kappa shape index (κ2) is 2.65. The van der Waals surface area contributed by atoms with Crippen molar-refractivity contribution in [1.82, 2.24) is 10.8 Å². The average Bonchev–Trinajstić information content (AvgIpc) is 2.15. The zero-order valence-corrected chi connectivity index (χ0v) is 5.49. The SMILES string of the molecule is NC(=S)NC1=CCON1. The van der Waals surface area contributed by atoms with Crippen LogP contribution in [0, 0.1) is 0 Å². The Balaban J connectivity index is 2.35. The molecule has 1 aliphatic rings. The van der Waals surface area contributed by atoms with E-state index in [1.165, 1.54) is 0 Å². The van der Waals surface area contributed by atoms with Crippen molar-refractivity contribution in [2.75, 3.05) is 6.61 Å². The Labute approximate surface area is 58.0 Å². The average molecular weight is 145 g/mol. The van der Waals surface area contributed by atoms with Crippen LogP contribution in [-0.4, -0.2) is 11.7 Å². The van der Waals surface area contributed by atoms with Crippen molar-refractivity contribution in [3.05, 3.63) is 11.9 Å². The Morgan fingerprint density at radius 2 is 2.78 bits per heavy atom. The lowest BCUT2D eigenvalue weighted by molar-refractivity contribution is 0.106. The van der Waals surface area contributed by atoms with E-state index < -0.39 is 0 Å². The van der Waals surface area contributed by atoms with Gasteiger partial charge in [-0.1, -0.05) is 0 Å². The predicted molar refractivity (Wildman–Crippen MR) is 37.1 cm³/mol. The van der Waals surface area contributed by atoms with Crippen LogP contribution in [0.3, 0.4) is 0 Å². The summed E-state index contributed by atoms with van der Waals surface area (Å²) in [5.41, 5.74) is 7.73. The molecule has 0 bridgehead atoms. The first kappa shape index (κ1) is 6.31. The van der Waals surface area contributed by atoms with Crippen molar-refractivity contribution >= 4 is 17.3 Å². The maximum absolute atomic E-state index is 5.16. The van der Waals surface area contributed by atoms with Crippen LogP contribution >= 0.6 is 12.2 Å². The fourth-order valence-corrected chi connectivity index (χ4v) is 0.605. The molecule has 0 aliphatic carbocycles. The van der Waals surface area contributed by atoms with E-state index in [1.54, 1.807) is 6.08 Å². The molecule has 0 saturated heterocycles. The lowest BCUT2D eigenvalue weighted by Gasteiger charge is -2.02. The molecule has 5 heteroatoms. The number of hydrogen-bond acceptors (Lipinski definition) is 3. The molecular formula is C4H7N3OS. The molecule has 50 valence electrons. The summed E-state index contributed by atoms with van der Waals surface area (Å²) in [6.45, 7) is 0.547. The number of hydrogen-bond donors (Lipinski definition) is 3. The molecule has 0 amide bonds. The van der Waals surface area contributed by atoms with Crippen molar-refractivity contribution in [1.29, 1.82) is 0 Å². The van der Waals surface area contributed by atoms with Gasteiger partial charge in [0.2, 0.25) is 0 Å². The fourth-order valence-electron chi connectivity index (χ4n) is 0.495. The van der Waals surface area contributed by atoms with Gasteiger partial charge in [0.1, 0.15) is 5.82 Å². The molecule has 0 aromatic rings. The maximum Gasteiger partial charge on any atom is 0.169 e. The lowest BCUT2D eigenvalue weighted by Crippen LogP contribution is -2.32. The quantitative estimate of drug-likeness (QED) is 0.421. The van der Waals surface area contributed by atoms with E-state index in [0.29, 0.717) is 12.4 Å². The van der Waals surface area contributed by atoms with Crippen LogP contribution in [0.15, 0.2) is 11.9 Å². The van der Waals surface area contributed by atoms with E-state index in [1.807, 2.05) is 0 Å². The Bertz CT molecular complexity index is 156. The van der Waals surface area contributed by atoms with Crippen molar-refractivity contribution in [3.8, 4) is 0 Å². The third-order valence-corrected chi connectivity index (χ3v) is 0.913. The highest BCUT2D eigenvalue weighted by molar-refractivity contribution is 7.80. The van der Waals surface area contributed by atoms with E-state index in [9.17, 15) is 0 Å². The molecule has 0 spiro atoms. The third kappa shape index (κ3) is 1.87. The summed E-state index contributed by atoms with van der Waals surface area (Å²) in [6, 6.07) is 0. The van der Waals surface area contributed by atoms with Crippen LogP contribution in [0.25, 0.3) is 0 Å². The van der Waals surface area contributed by atoms with Gasteiger partial charge in [0.15, 0.2) is 5.11 Å². The van der Waals surface area contributed by atoms with Crippen LogP contribution in [-0.2, 0) is 4.84 Å². The topological polar surface area (TPSA) is 59.3 Å². The standard InChI is InChI=1S/C4H7N3OS/c5-4(9)6-3-1-2-8-7-3/h1,7H,2H2,(H3,5,6,9). The summed E-state index contributed by atoms with van der Waals surface area (Å²) in [5.74, 6) is 0.711. The van der Waals surface area contributed by atoms with Crippen molar-refractivity contribution in [2.45, 2.75) is 0 Å². The molecule has 0 saturated carbocycles. The number of nitrogens with two attached hydrogens (primary N) is 1. The van der Waals surface area contributed by atoms with E-state index in [2.05, 4.69) is 23.0 Å². The highest BCUT2D eigenvalue weighted by Gasteiger charge is 2.01. The number of thiocarbonyl (C=S) groups is 1. The highest BCUT2D eigenvalue weighted by Crippen LogP contribution is 1.91. The van der Waals surface area contributed by atoms with Gasteiger partial charge in [0.25, 0.3) is 0 Å². The van der Waals surface area contributed by atoms with Gasteiger partial charge < -0.3 is 11.1 Å². The summed E-state index contributed by atoms with van der Waals surface area (Å²) in [7, 11) is 0. The molecule has 4 nitrogen and oxygen atoms in total. The number of hydroxylamine groups is 1. The van der Waals surface area contributed by atoms with Crippen LogP contribution in [0.5, 0.6) is 0 Å². The summed E-state index contributed by atoms with van der Waals surface area (Å²) >= 11 is 4.56. The minimum absolute atomic E-state index is 0.235. The van der Waals surface area contributed by atoms with E-state index in [0.717, 1.165) is 0 Å². The number of nitrogens with one attached hydrogen (secondary N) is 2. The zero-order chi connectivity index (χ0) is 6.69. The van der Waals surface area contributed by atoms with E-state index in [4.69, 9.17) is 10.6 Å². The van der Waals surface area contributed by atoms with Crippen LogP contribution < -0.4 is 16.5 Å². The van der Waals surface area contributed by atoms with Gasteiger partial charge >= 0.3 is 0 Å². The monoisotopic (exact) mass is 145 g/mol. The molecule has 0 radical (unpaired) electrons. The molecule has 9 heavy (non-hydrogen) atoms. The Morgan fingerprint density at radius 3 is 3.22 bits per heavy atom. The fraction of sp³-hybridized carbons (Fsp3) is 0.250. The largest absolute Gasteiger partial charge is 0.376 e. The normalized spacial score (nSPS) is 16.2. The molecule has 4 N–H and O–H groups in total. The molecule has 1 rings (SSSR count). The molecule has 0 aromatic heterocycles. The molecule has 0 aromatic carbocycles. The van der Waals surface area contributed by atoms with Gasteiger partial charge in [-0.25, -0.2) is 0 Å². The second-order valence-corrected chi connectivity index (χ2v) is 1.96. The van der Waals surface area contributed by atoms with Crippen LogP contribution in [0.1, 0.15) is 0 Å². The third-order valence-electron chi connectivity index (χ3n) is 0.811. The van der Waals surface area contributed by atoms with Gasteiger partial charge in [-0.2, -0.15) is 0 Å². The van der Waals surface area contributed by atoms with Gasteiger partial charge in [-0.05, 0) is 18.3 Å². The zero-order valence-electron chi connectivity index (χ0n) is 4.68. The highest BCUT2D eigenvalue weighted by atomic mass is 32.1. The molecule has 0 unspecified atom stereocenters. The molecular weight excluding hydrogens is 138 g/mol. The summed E-state index contributed by atoms with van der Waals surface area (Å²) in [4.78, 5) is 4.74. The molecule has 1 heterocycles. The Hall–Kier alpha value is -0.810. The smallest absolute Gasteiger partial charge is 0.169 e. The first-order valence-corrected chi connectivity index (χ1v) is 2.84. The van der Waals surface area contributed by atoms with E-state index >= 15 is 0 Å². The predicted octanol–water partition coefficient (Wildman–Crippen LogP) is -0.804. The molecule has 0 fully saturated rings. The summed E-state index contributed by atoms with van der Waals surface area (Å²) in [6.07, 6.45) is 1.80. The Morgan fingerprint density at radius 1 is 2.00 bits per heavy atom. The van der Waals surface area contributed by atoms with Crippen molar-refractivity contribution < 1.29 is 4.84 Å². The van der Waals surface area contributed by atoms with Crippen LogP contribution in [0.4, 0.5) is 0 Å². The first-order chi connectivity index (χ1) is 4.29. The van der Waals surface area contributed by atoms with Crippen LogP contribution in [0.2, 0.25) is 0 Å². The molecule has 1 aliphatic heterocycles. The summed E-state index contributed by atoms with van der Waals surface area (Å²) in [5, 5.41) is 2.91. The lowest BCUT2D eigenvalue weighted by atomic mass is 10.6. The minimum atomic E-state index is 0.235. The van der Waals surface area contributed by atoms with Crippen molar-refractivity contribution in [2.24, 2.45) is 5.73 Å². The summed E-state index contributed by atoms with van der Waals surface area (Å²) < 4.78 is 0. The van der Waals surface area contributed by atoms with Gasteiger partial charge in [0, 0.05) is 0 Å². The van der Waals surface area contributed by atoms with Gasteiger partial charge in [-0.15, -0.1) is 0 Å². The maximum atomic E-state index is 5.16. The minimum Gasteiger partial charge on any atom is -0.376 e. The van der Waals surface area contributed by atoms with Gasteiger partial charge in [-0.3, -0.25) is 10.3 Å². The first-order valence-electron chi connectivity index (χ1n) is 2.43. The molecule has 0 atom stereocenters. The van der Waals surface area contributed by atoms with Gasteiger partial charge in [0.05, 0.1) is 6.61 Å². The Kier molecular flexibility index (Phi) is 1.86. The number of rotatable bonds is 1.